The van der Waals surface area contributed by atoms with E-state index in [1.807, 2.05) is 6.07 Å². The number of nitriles is 1. The van der Waals surface area contributed by atoms with Crippen LogP contribution < -0.4 is 5.32 Å². The number of carbonyl (C=O) groups is 3. The molecule has 112 valence electrons. The zero-order valence-electron chi connectivity index (χ0n) is 11.2. The molecule has 9 heteroatoms. The number of rotatable bonds is 5. The molecule has 2 N–H and O–H groups in total. The zero-order chi connectivity index (χ0) is 15.6. The van der Waals surface area contributed by atoms with Gasteiger partial charge < -0.3 is 10.4 Å². The third-order valence-corrected chi connectivity index (χ3v) is 5.30. The van der Waals surface area contributed by atoms with Gasteiger partial charge in [0.25, 0.3) is 5.91 Å². The quantitative estimate of drug-likeness (QED) is 0.540. The van der Waals surface area contributed by atoms with E-state index in [2.05, 4.69) is 5.32 Å². The summed E-state index contributed by atoms with van der Waals surface area (Å²) in [5.74, 6) is -1.01. The van der Waals surface area contributed by atoms with Crippen LogP contribution in [0, 0.1) is 11.3 Å². The summed E-state index contributed by atoms with van der Waals surface area (Å²) in [4.78, 5) is 36.2. The predicted octanol–water partition coefficient (Wildman–Crippen LogP) is 0.00168. The minimum Gasteiger partial charge on any atom is -0.477 e. The molecule has 0 saturated carbocycles. The summed E-state index contributed by atoms with van der Waals surface area (Å²) in [6.45, 7) is 1.68. The van der Waals surface area contributed by atoms with Crippen molar-refractivity contribution in [1.82, 2.24) is 10.2 Å². The van der Waals surface area contributed by atoms with Gasteiger partial charge in [0.15, 0.2) is 0 Å². The van der Waals surface area contributed by atoms with Crippen molar-refractivity contribution in [2.24, 2.45) is 0 Å². The van der Waals surface area contributed by atoms with Crippen LogP contribution in [0.3, 0.4) is 0 Å². The van der Waals surface area contributed by atoms with Crippen molar-refractivity contribution in [3.63, 3.8) is 0 Å². The molecule has 0 radical (unpaired) electrons. The fourth-order valence-corrected chi connectivity index (χ4v) is 3.93. The first-order chi connectivity index (χ1) is 9.97. The van der Waals surface area contributed by atoms with Crippen molar-refractivity contribution in [2.45, 2.75) is 18.3 Å². The standard InChI is InChI=1S/C12H13N3O4S2/c1-6-4-21-11-8(14-7(16)5-20-3-2-13)10(17)15(11)9(6)12(18)19/h8,11H,3-5H2,1H3,(H,14,16)(H,18,19)/t8-,11-/m1/s1. The Labute approximate surface area is 129 Å². The molecule has 2 aliphatic heterocycles. The molecule has 0 aliphatic carbocycles. The average molecular weight is 327 g/mol. The molecule has 0 aromatic rings. The molecule has 2 amide bonds. The fourth-order valence-electron chi connectivity index (χ4n) is 2.18. The smallest absolute Gasteiger partial charge is 0.352 e. The minimum atomic E-state index is -1.12. The topological polar surface area (TPSA) is 110 Å². The largest absolute Gasteiger partial charge is 0.477 e. The molecule has 1 fully saturated rings. The minimum absolute atomic E-state index is 0.0214. The number of nitrogens with one attached hydrogen (secondary N) is 1. The molecule has 1 saturated heterocycles. The molecule has 2 aliphatic rings. The number of thioether (sulfide) groups is 2. The van der Waals surface area contributed by atoms with Crippen LogP contribution in [0.4, 0.5) is 0 Å². The van der Waals surface area contributed by atoms with Crippen LogP contribution in [0.5, 0.6) is 0 Å². The SMILES string of the molecule is CC1=C(C(=O)O)N2C(=O)[C@@H](NC(=O)CSCC#N)[C@H]2SC1. The molecule has 2 rings (SSSR count). The van der Waals surface area contributed by atoms with Crippen molar-refractivity contribution in [3.05, 3.63) is 11.3 Å². The molecule has 2 atom stereocenters. The molecule has 7 nitrogen and oxygen atoms in total. The molecule has 0 spiro atoms. The first-order valence-electron chi connectivity index (χ1n) is 6.09. The number of β-lactam (4-membered cyclic amide) rings is 1. The van der Waals surface area contributed by atoms with Crippen LogP contribution in [0.2, 0.25) is 0 Å². The van der Waals surface area contributed by atoms with Crippen molar-refractivity contribution in [3.8, 4) is 6.07 Å². The van der Waals surface area contributed by atoms with Gasteiger partial charge in [0, 0.05) is 5.75 Å². The van der Waals surface area contributed by atoms with E-state index >= 15 is 0 Å². The maximum atomic E-state index is 12.1. The number of hydrogen-bond donors (Lipinski definition) is 2. The van der Waals surface area contributed by atoms with Gasteiger partial charge in [-0.15, -0.1) is 23.5 Å². The highest BCUT2D eigenvalue weighted by Crippen LogP contribution is 2.40. The van der Waals surface area contributed by atoms with Crippen LogP contribution >= 0.6 is 23.5 Å². The van der Waals surface area contributed by atoms with Gasteiger partial charge >= 0.3 is 5.97 Å². The Bertz CT molecular complexity index is 569. The van der Waals surface area contributed by atoms with E-state index in [1.54, 1.807) is 6.92 Å². The van der Waals surface area contributed by atoms with Crippen molar-refractivity contribution < 1.29 is 19.5 Å². The number of aliphatic carboxylic acids is 1. The Morgan fingerprint density at radius 1 is 1.62 bits per heavy atom. The van der Waals surface area contributed by atoms with E-state index in [1.165, 1.54) is 28.4 Å². The highest BCUT2D eigenvalue weighted by molar-refractivity contribution is 8.00. The molecular weight excluding hydrogens is 314 g/mol. The van der Waals surface area contributed by atoms with Gasteiger partial charge in [-0.1, -0.05) is 0 Å². The molecule has 0 unspecified atom stereocenters. The highest BCUT2D eigenvalue weighted by Gasteiger charge is 2.53. The number of amides is 2. The fraction of sp³-hybridized carbons (Fsp3) is 0.500. The van der Waals surface area contributed by atoms with E-state index in [0.29, 0.717) is 11.3 Å². The number of fused-ring (bicyclic) bond motifs is 1. The Balaban J connectivity index is 1.99. The van der Waals surface area contributed by atoms with E-state index in [9.17, 15) is 19.5 Å². The van der Waals surface area contributed by atoms with Gasteiger partial charge in [-0.05, 0) is 12.5 Å². The highest BCUT2D eigenvalue weighted by atomic mass is 32.2. The van der Waals surface area contributed by atoms with Crippen LogP contribution in [0.1, 0.15) is 6.92 Å². The zero-order valence-corrected chi connectivity index (χ0v) is 12.8. The molecule has 21 heavy (non-hydrogen) atoms. The third kappa shape index (κ3) is 3.01. The lowest BCUT2D eigenvalue weighted by molar-refractivity contribution is -0.150. The van der Waals surface area contributed by atoms with Crippen molar-refractivity contribution >= 4 is 41.3 Å². The van der Waals surface area contributed by atoms with Crippen LogP contribution in [0.25, 0.3) is 0 Å². The second kappa shape index (κ2) is 6.41. The van der Waals surface area contributed by atoms with Gasteiger partial charge in [0.1, 0.15) is 17.1 Å². The molecule has 0 aromatic carbocycles. The van der Waals surface area contributed by atoms with Crippen molar-refractivity contribution in [2.75, 3.05) is 17.3 Å². The summed E-state index contributed by atoms with van der Waals surface area (Å²) in [5, 5.41) is 19.8. The predicted molar refractivity (Wildman–Crippen MR) is 78.3 cm³/mol. The van der Waals surface area contributed by atoms with Crippen molar-refractivity contribution in [1.29, 1.82) is 5.26 Å². The molecular formula is C12H13N3O4S2. The number of nitrogens with zero attached hydrogens (tertiary/aromatic N) is 2. The number of carbonyl (C=O) groups excluding carboxylic acids is 2. The van der Waals surface area contributed by atoms with E-state index in [-0.39, 0.29) is 28.5 Å². The number of carboxylic acids is 1. The summed E-state index contributed by atoms with van der Waals surface area (Å²) in [7, 11) is 0. The third-order valence-electron chi connectivity index (χ3n) is 3.08. The van der Waals surface area contributed by atoms with Gasteiger partial charge in [0.05, 0.1) is 17.6 Å². The van der Waals surface area contributed by atoms with Gasteiger partial charge in [-0.2, -0.15) is 5.26 Å². The van der Waals surface area contributed by atoms with Crippen LogP contribution in [-0.2, 0) is 14.4 Å². The van der Waals surface area contributed by atoms with Crippen LogP contribution in [-0.4, -0.2) is 56.5 Å². The lowest BCUT2D eigenvalue weighted by Crippen LogP contribution is -2.70. The summed E-state index contributed by atoms with van der Waals surface area (Å²) < 4.78 is 0. The molecule has 0 aromatic heterocycles. The average Bonchev–Trinajstić information content (AvgIpc) is 2.44. The lowest BCUT2D eigenvalue weighted by atomic mass is 10.0. The first-order valence-corrected chi connectivity index (χ1v) is 8.29. The number of carboxylic acid groups (broad SMARTS) is 1. The normalized spacial score (nSPS) is 24.0. The van der Waals surface area contributed by atoms with E-state index in [0.717, 1.165) is 0 Å². The van der Waals surface area contributed by atoms with E-state index in [4.69, 9.17) is 5.26 Å². The molecule has 2 heterocycles. The summed E-state index contributed by atoms with van der Waals surface area (Å²) in [6, 6.07) is 1.23. The Hall–Kier alpha value is -1.66. The first kappa shape index (κ1) is 15.7. The second-order valence-corrected chi connectivity index (χ2v) is 6.63. The monoisotopic (exact) mass is 327 g/mol. The van der Waals surface area contributed by atoms with Gasteiger partial charge in [-0.25, -0.2) is 4.79 Å². The Morgan fingerprint density at radius 3 is 2.95 bits per heavy atom. The van der Waals surface area contributed by atoms with E-state index < -0.39 is 17.9 Å². The maximum absolute atomic E-state index is 12.1. The lowest BCUT2D eigenvalue weighted by Gasteiger charge is -2.49. The van der Waals surface area contributed by atoms with Gasteiger partial charge in [-0.3, -0.25) is 14.5 Å². The molecule has 0 bridgehead atoms. The van der Waals surface area contributed by atoms with Crippen LogP contribution in [0.15, 0.2) is 11.3 Å². The summed E-state index contributed by atoms with van der Waals surface area (Å²) in [5.41, 5.74) is 0.666. The van der Waals surface area contributed by atoms with Gasteiger partial charge in [0.2, 0.25) is 5.91 Å². The Morgan fingerprint density at radius 2 is 2.33 bits per heavy atom. The summed E-state index contributed by atoms with van der Waals surface area (Å²) in [6.07, 6.45) is 0. The Kier molecular flexibility index (Phi) is 4.80. The maximum Gasteiger partial charge on any atom is 0.352 e. The second-order valence-electron chi connectivity index (χ2n) is 4.54. The summed E-state index contributed by atoms with van der Waals surface area (Å²) >= 11 is 2.60. The number of hydrogen-bond acceptors (Lipinski definition) is 6.